The molecule has 135 heavy (non-hydrogen) atoms. The topological polar surface area (TPSA) is 339 Å². The van der Waals surface area contributed by atoms with Crippen LogP contribution in [-0.4, -0.2) is 163 Å². The Morgan fingerprint density at radius 2 is 0.674 bits per heavy atom. The van der Waals surface area contributed by atoms with Gasteiger partial charge in [0.2, 0.25) is 13.6 Å². The number of carbonyl (C=O) groups excluding carboxylic acids is 7. The number of nitrogens with zero attached hydrogens (tertiary/aromatic N) is 1. The van der Waals surface area contributed by atoms with E-state index in [1.807, 2.05) is 165 Å². The number of aromatic nitrogens is 1. The maximum Gasteiger partial charge on any atom is 0.334 e. The van der Waals surface area contributed by atoms with Gasteiger partial charge in [-0.3, -0.25) is 4.98 Å². The van der Waals surface area contributed by atoms with Crippen LogP contribution in [0.1, 0.15) is 108 Å². The molecule has 8 aromatic rings. The van der Waals surface area contributed by atoms with Crippen LogP contribution >= 0.6 is 0 Å². The van der Waals surface area contributed by atoms with Crippen molar-refractivity contribution in [2.45, 2.75) is 114 Å². The maximum atomic E-state index is 11.5. The Morgan fingerprint density at radius 1 is 0.326 bits per heavy atom. The average Bonchev–Trinajstić information content (AvgIpc) is 1.82. The summed E-state index contributed by atoms with van der Waals surface area (Å²) in [7, 11) is 9.40. The Bertz CT molecular complexity index is 5940. The first kappa shape index (κ1) is 98.0. The van der Waals surface area contributed by atoms with Gasteiger partial charge in [-0.05, 0) is 190 Å². The second-order valence-electron chi connectivity index (χ2n) is 30.9. The van der Waals surface area contributed by atoms with Crippen LogP contribution in [0.4, 0.5) is 0 Å². The molecule has 10 aliphatic rings. The molecule has 1 aromatic heterocycles. The van der Waals surface area contributed by atoms with Gasteiger partial charge in [-0.15, -0.1) is 0 Å². The van der Waals surface area contributed by atoms with Crippen LogP contribution in [0.25, 0.3) is 53.3 Å². The Balaban J connectivity index is 0.000000142. The molecule has 0 amide bonds. The van der Waals surface area contributed by atoms with Gasteiger partial charge in [0.15, 0.2) is 23.0 Å². The number of ether oxygens (including phenoxy) is 18. The van der Waals surface area contributed by atoms with Gasteiger partial charge in [-0.25, -0.2) is 33.6 Å². The third-order valence-electron chi connectivity index (χ3n) is 21.2. The lowest BCUT2D eigenvalue weighted by Crippen LogP contribution is -2.21. The number of aliphatic hydroxyl groups excluding tert-OH is 1. The van der Waals surface area contributed by atoms with Gasteiger partial charge in [0.1, 0.15) is 94.5 Å². The summed E-state index contributed by atoms with van der Waals surface area (Å²) in [4.78, 5) is 83.2. The Hall–Kier alpha value is -16.0. The van der Waals surface area contributed by atoms with E-state index in [2.05, 4.69) is 53.5 Å². The third-order valence-corrected chi connectivity index (χ3v) is 21.2. The Kier molecular flexibility index (Phi) is 36.6. The lowest BCUT2D eigenvalue weighted by Gasteiger charge is -2.20. The van der Waals surface area contributed by atoms with Gasteiger partial charge in [-0.2, -0.15) is 0 Å². The molecule has 18 rings (SSSR count). The summed E-state index contributed by atoms with van der Waals surface area (Å²) < 4.78 is 93.2. The molecule has 0 radical (unpaired) electrons. The monoisotopic (exact) mass is 1840 g/mol. The number of aryl methyl sites for hydroxylation is 2. The molecule has 0 saturated heterocycles. The number of pyridine rings is 1. The number of hydrogen-bond acceptors (Lipinski definition) is 28. The molecular weight excluding hydrogens is 1730 g/mol. The SMILES string of the molecule is CCOC1=CC(=O)OC(/C=C/c2ccc3c(c2)OCO3)C1.COC1=CC(=O)OC(/C=C/c2ccc(O)cc2)C1.COC1=CC(=O)OC(/C=C/c2ccc(OC)cc2)C1.COC1=CC(=O)OC(/C=C/c2ccc3c(c2)CCC3)C1.COC1=CC(=O)OC(/C=C/c2ccc3ccccc3c2)C1.COC1=CC(=O)OC(/C=C/c2cccnc2)C1.O=C1C=C(O)CC(/C=C/c2ccc3c(c2)OCO3)O1. The number of aromatic hydroxyl groups is 1. The minimum Gasteiger partial charge on any atom is -0.512 e. The van der Waals surface area contributed by atoms with E-state index in [1.165, 1.54) is 84.7 Å². The highest BCUT2D eigenvalue weighted by atomic mass is 16.7. The zero-order valence-corrected chi connectivity index (χ0v) is 75.6. The molecule has 28 heteroatoms. The summed E-state index contributed by atoms with van der Waals surface area (Å²) in [6.07, 6.45) is 44.3. The molecular formula is C107H105NO27. The van der Waals surface area contributed by atoms with Crippen LogP contribution in [0.5, 0.6) is 34.5 Å². The highest BCUT2D eigenvalue weighted by molar-refractivity contribution is 5.88. The highest BCUT2D eigenvalue weighted by Crippen LogP contribution is 2.36. The fraction of sp³-hybridized carbons (Fsp3) is 0.252. The van der Waals surface area contributed by atoms with E-state index in [-0.39, 0.29) is 91.6 Å². The first-order chi connectivity index (χ1) is 65.6. The molecule has 7 aromatic carbocycles. The summed E-state index contributed by atoms with van der Waals surface area (Å²) in [6.45, 7) is 2.92. The van der Waals surface area contributed by atoms with Crippen molar-refractivity contribution in [3.8, 4) is 34.5 Å². The number of benzene rings is 7. The summed E-state index contributed by atoms with van der Waals surface area (Å²) in [5, 5.41) is 20.9. The molecule has 7 unspecified atom stereocenters. The minimum atomic E-state index is -0.524. The number of phenolic OH excluding ortho intramolecular Hbond substituents is 1. The van der Waals surface area contributed by atoms with Crippen molar-refractivity contribution in [3.05, 3.63) is 346 Å². The van der Waals surface area contributed by atoms with Crippen LogP contribution in [-0.2, 0) is 108 Å². The van der Waals surface area contributed by atoms with Crippen molar-refractivity contribution in [3.63, 3.8) is 0 Å². The molecule has 9 aliphatic heterocycles. The number of cyclic esters (lactones) is 7. The molecule has 10 heterocycles. The summed E-state index contributed by atoms with van der Waals surface area (Å²) in [5.74, 6) is 5.14. The molecule has 2 N–H and O–H groups in total. The molecule has 0 saturated carbocycles. The van der Waals surface area contributed by atoms with Crippen molar-refractivity contribution < 1.29 is 129 Å². The molecule has 0 bridgehead atoms. The predicted molar refractivity (Wildman–Crippen MR) is 503 cm³/mol. The predicted octanol–water partition coefficient (Wildman–Crippen LogP) is 18.3. The summed E-state index contributed by atoms with van der Waals surface area (Å²) >= 11 is 0. The fourth-order valence-electron chi connectivity index (χ4n) is 14.4. The lowest BCUT2D eigenvalue weighted by atomic mass is 10.0. The standard InChI is InChI=1S/C18H16O3.C17H18O3.C16H16O5.C15H16O4.C14H12O5.C14H14O4.C13H13NO3/c1-20-17-11-16(21-18(19)12-17)9-7-13-6-8-14-4-2-3-5-15(14)10-13;1-19-16-10-15(20-17(18)11-16)8-6-12-5-7-13-3-2-4-14(13)9-12;1-2-18-13-8-12(21-16(17)9-13)5-3-11-4-6-14-15(7-11)20-10-19-14;1-17-12-6-3-11(4-7-12)5-8-13-9-14(18-2)10-15(16)19-13;15-10-6-11(19-14(16)7-10)3-1-9-2-4-12-13(5-9)18-8-17-12;1-17-13-8-12(18-14(16)9-13)7-4-10-2-5-11(15)6-3-10;1-16-12-7-11(17-13(15)8-12)5-4-10-3-2-6-14-9-10/h2-10,12,16H,11H2,1H3;5-9,11,15H,2-4,10H2,1H3;3-7,9,12H,2,8,10H2,1H3;3-8,10,13H,9H2,1-2H3;1-5,7,11,15H,6,8H2;2-7,9,12,15H,8H2,1H3;2-6,8-9,11H,7H2,1H3/b9-7+;8-6+;5-3+;8-5+;3-1+;7-4+;5-4+. The summed E-state index contributed by atoms with van der Waals surface area (Å²) in [5.41, 5.74) is 9.95. The maximum absolute atomic E-state index is 11.5. The lowest BCUT2D eigenvalue weighted by molar-refractivity contribution is -0.143. The summed E-state index contributed by atoms with van der Waals surface area (Å²) in [6, 6.07) is 50.5. The quantitative estimate of drug-likeness (QED) is 0.0470. The smallest absolute Gasteiger partial charge is 0.334 e. The molecule has 0 spiro atoms. The van der Waals surface area contributed by atoms with Crippen molar-refractivity contribution >= 4 is 95.1 Å². The van der Waals surface area contributed by atoms with Crippen molar-refractivity contribution in [1.82, 2.24) is 4.98 Å². The van der Waals surface area contributed by atoms with E-state index in [9.17, 15) is 38.7 Å². The van der Waals surface area contributed by atoms with Crippen LogP contribution in [0, 0.1) is 0 Å². The average molecular weight is 1840 g/mol. The number of methoxy groups -OCH3 is 6. The zero-order chi connectivity index (χ0) is 95.2. The molecule has 7 atom stereocenters. The zero-order valence-electron chi connectivity index (χ0n) is 75.6. The van der Waals surface area contributed by atoms with Gasteiger partial charge in [0.25, 0.3) is 0 Å². The van der Waals surface area contributed by atoms with Crippen LogP contribution < -0.4 is 23.7 Å². The number of rotatable bonds is 22. The highest BCUT2D eigenvalue weighted by Gasteiger charge is 2.27. The Morgan fingerprint density at radius 3 is 1.09 bits per heavy atom. The third kappa shape index (κ3) is 31.9. The van der Waals surface area contributed by atoms with E-state index in [4.69, 9.17) is 90.4 Å². The fourth-order valence-corrected chi connectivity index (χ4v) is 14.4. The largest absolute Gasteiger partial charge is 0.512 e. The first-order valence-electron chi connectivity index (χ1n) is 43.5. The number of esters is 7. The van der Waals surface area contributed by atoms with Crippen molar-refractivity contribution in [1.29, 1.82) is 0 Å². The number of fused-ring (bicyclic) bond motifs is 4. The van der Waals surface area contributed by atoms with Crippen molar-refractivity contribution in [2.75, 3.05) is 62.9 Å². The van der Waals surface area contributed by atoms with Crippen LogP contribution in [0.15, 0.2) is 295 Å². The molecule has 0 fully saturated rings. The number of phenols is 1. The second-order valence-corrected chi connectivity index (χ2v) is 30.9. The van der Waals surface area contributed by atoms with Crippen LogP contribution in [0.2, 0.25) is 0 Å². The van der Waals surface area contributed by atoms with Gasteiger partial charge in [-0.1, -0.05) is 140 Å². The Labute approximate surface area is 781 Å². The molecule has 1 aliphatic carbocycles. The number of hydrogen-bond donors (Lipinski definition) is 2. The van der Waals surface area contributed by atoms with Gasteiger partial charge in [0, 0.05) is 57.3 Å². The van der Waals surface area contributed by atoms with E-state index in [0.717, 1.165) is 68.0 Å². The molecule has 28 nitrogen and oxygen atoms in total. The van der Waals surface area contributed by atoms with E-state index in [1.54, 1.807) is 84.4 Å². The van der Waals surface area contributed by atoms with Gasteiger partial charge < -0.3 is 95.5 Å². The van der Waals surface area contributed by atoms with Crippen molar-refractivity contribution in [2.24, 2.45) is 0 Å². The van der Waals surface area contributed by atoms with Gasteiger partial charge in [0.05, 0.1) is 91.8 Å². The normalized spacial score (nSPS) is 20.0. The van der Waals surface area contributed by atoms with E-state index >= 15 is 0 Å². The van der Waals surface area contributed by atoms with Crippen LogP contribution in [0.3, 0.4) is 0 Å². The van der Waals surface area contributed by atoms with E-state index < -0.39 is 18.0 Å². The number of aliphatic hydroxyl groups is 1. The van der Waals surface area contributed by atoms with E-state index in [0.29, 0.717) is 91.9 Å². The molecule has 700 valence electrons. The first-order valence-corrected chi connectivity index (χ1v) is 43.5. The minimum absolute atomic E-state index is 0.0385. The second kappa shape index (κ2) is 50.4. The van der Waals surface area contributed by atoms with Gasteiger partial charge >= 0.3 is 41.8 Å². The number of carbonyl (C=O) groups is 7.